The summed E-state index contributed by atoms with van der Waals surface area (Å²) in [5.74, 6) is -0.0129. The van der Waals surface area contributed by atoms with Crippen LogP contribution < -0.4 is 10.6 Å². The van der Waals surface area contributed by atoms with Gasteiger partial charge in [-0.15, -0.1) is 0 Å². The van der Waals surface area contributed by atoms with Crippen molar-refractivity contribution in [1.29, 1.82) is 0 Å². The van der Waals surface area contributed by atoms with E-state index in [1.165, 1.54) is 13.8 Å². The monoisotopic (exact) mass is 332 g/mol. The number of nitrogens with zero attached hydrogens (tertiary/aromatic N) is 2. The third-order valence-electron chi connectivity index (χ3n) is 3.03. The molecule has 0 saturated heterocycles. The van der Waals surface area contributed by atoms with Crippen molar-refractivity contribution in [2.75, 3.05) is 10.6 Å². The highest BCUT2D eigenvalue weighted by molar-refractivity contribution is 6.30. The quantitative estimate of drug-likeness (QED) is 0.900. The summed E-state index contributed by atoms with van der Waals surface area (Å²) in [7, 11) is 0. The van der Waals surface area contributed by atoms with E-state index in [9.17, 15) is 9.59 Å². The summed E-state index contributed by atoms with van der Waals surface area (Å²) in [4.78, 5) is 31.4. The molecule has 120 valence electrons. The smallest absolute Gasteiger partial charge is 0.231 e. The number of anilines is 2. The third kappa shape index (κ3) is 4.26. The highest BCUT2D eigenvalue weighted by atomic mass is 35.5. The van der Waals surface area contributed by atoms with Crippen molar-refractivity contribution >= 4 is 35.2 Å². The van der Waals surface area contributed by atoms with Crippen LogP contribution in [0, 0.1) is 0 Å². The second-order valence-electron chi connectivity index (χ2n) is 4.94. The highest BCUT2D eigenvalue weighted by Gasteiger charge is 2.17. The minimum atomic E-state index is -0.278. The summed E-state index contributed by atoms with van der Waals surface area (Å²) in [6.07, 6.45) is 0.611. The number of carbonyl (C=O) groups excluding carboxylic acids is 2. The molecule has 7 heteroatoms. The van der Waals surface area contributed by atoms with Gasteiger partial charge in [-0.25, -0.2) is 4.98 Å². The van der Waals surface area contributed by atoms with E-state index in [1.54, 1.807) is 12.1 Å². The zero-order valence-electron chi connectivity index (χ0n) is 13.1. The molecule has 0 aliphatic heterocycles. The Bertz CT molecular complexity index is 744. The van der Waals surface area contributed by atoms with Crippen molar-refractivity contribution in [3.05, 3.63) is 35.0 Å². The van der Waals surface area contributed by atoms with Crippen LogP contribution in [-0.2, 0) is 16.0 Å². The van der Waals surface area contributed by atoms with Crippen LogP contribution in [-0.4, -0.2) is 21.8 Å². The number of hydrogen-bond donors (Lipinski definition) is 2. The van der Waals surface area contributed by atoms with Crippen LogP contribution in [0.3, 0.4) is 0 Å². The molecule has 23 heavy (non-hydrogen) atoms. The molecule has 0 aliphatic carbocycles. The van der Waals surface area contributed by atoms with Gasteiger partial charge in [0, 0.05) is 24.4 Å². The standard InChI is InChI=1S/C16H17ClN4O2/c1-4-13-14(11-5-7-12(17)8-6-11)15(18-9(2)22)21-16(20-13)19-10(3)23/h5-8H,4H2,1-3H3,(H2,18,19,20,21,22,23). The highest BCUT2D eigenvalue weighted by Crippen LogP contribution is 2.31. The fraction of sp³-hybridized carbons (Fsp3) is 0.250. The van der Waals surface area contributed by atoms with E-state index in [2.05, 4.69) is 20.6 Å². The average Bonchev–Trinajstić information content (AvgIpc) is 2.46. The Balaban J connectivity index is 2.63. The van der Waals surface area contributed by atoms with Gasteiger partial charge >= 0.3 is 0 Å². The van der Waals surface area contributed by atoms with Gasteiger partial charge in [0.1, 0.15) is 5.82 Å². The van der Waals surface area contributed by atoms with E-state index in [0.29, 0.717) is 22.8 Å². The van der Waals surface area contributed by atoms with Crippen LogP contribution in [0.2, 0.25) is 5.02 Å². The van der Waals surface area contributed by atoms with Crippen molar-refractivity contribution < 1.29 is 9.59 Å². The van der Waals surface area contributed by atoms with Crippen LogP contribution in [0.4, 0.5) is 11.8 Å². The second kappa shape index (κ2) is 7.19. The van der Waals surface area contributed by atoms with Crippen LogP contribution in [0.25, 0.3) is 11.1 Å². The fourth-order valence-electron chi connectivity index (χ4n) is 2.15. The molecule has 0 fully saturated rings. The molecule has 0 saturated carbocycles. The number of aryl methyl sites for hydroxylation is 1. The van der Waals surface area contributed by atoms with Gasteiger partial charge in [-0.2, -0.15) is 4.98 Å². The summed E-state index contributed by atoms with van der Waals surface area (Å²) < 4.78 is 0. The number of benzene rings is 1. The molecule has 6 nitrogen and oxygen atoms in total. The van der Waals surface area contributed by atoms with Gasteiger partial charge < -0.3 is 5.32 Å². The zero-order chi connectivity index (χ0) is 17.0. The normalized spacial score (nSPS) is 10.3. The Morgan fingerprint density at radius 2 is 1.65 bits per heavy atom. The van der Waals surface area contributed by atoms with Crippen LogP contribution in [0.5, 0.6) is 0 Å². The molecule has 2 N–H and O–H groups in total. The van der Waals surface area contributed by atoms with Crippen LogP contribution >= 0.6 is 11.6 Å². The Morgan fingerprint density at radius 1 is 1.04 bits per heavy atom. The topological polar surface area (TPSA) is 84.0 Å². The van der Waals surface area contributed by atoms with Crippen molar-refractivity contribution in [1.82, 2.24) is 9.97 Å². The third-order valence-corrected chi connectivity index (χ3v) is 3.29. The number of nitrogens with one attached hydrogen (secondary N) is 2. The Kier molecular flexibility index (Phi) is 5.28. The van der Waals surface area contributed by atoms with E-state index in [4.69, 9.17) is 11.6 Å². The van der Waals surface area contributed by atoms with E-state index < -0.39 is 0 Å². The Morgan fingerprint density at radius 3 is 2.17 bits per heavy atom. The maximum absolute atomic E-state index is 11.5. The first kappa shape index (κ1) is 16.9. The summed E-state index contributed by atoms with van der Waals surface area (Å²) in [5.41, 5.74) is 2.27. The lowest BCUT2D eigenvalue weighted by Crippen LogP contribution is -2.15. The van der Waals surface area contributed by atoms with Gasteiger partial charge in [0.05, 0.1) is 5.69 Å². The van der Waals surface area contributed by atoms with Gasteiger partial charge in [0.25, 0.3) is 0 Å². The van der Waals surface area contributed by atoms with Crippen molar-refractivity contribution in [2.24, 2.45) is 0 Å². The number of halogens is 1. The van der Waals surface area contributed by atoms with Crippen molar-refractivity contribution in [2.45, 2.75) is 27.2 Å². The molecule has 2 rings (SSSR count). The molecule has 0 bridgehead atoms. The van der Waals surface area contributed by atoms with Gasteiger partial charge in [-0.05, 0) is 24.1 Å². The maximum Gasteiger partial charge on any atom is 0.231 e. The first-order valence-electron chi connectivity index (χ1n) is 7.12. The number of rotatable bonds is 4. The second-order valence-corrected chi connectivity index (χ2v) is 5.38. The van der Waals surface area contributed by atoms with E-state index >= 15 is 0 Å². The molecule has 1 aromatic heterocycles. The number of hydrogen-bond acceptors (Lipinski definition) is 4. The summed E-state index contributed by atoms with van der Waals surface area (Å²) in [6, 6.07) is 7.19. The molecule has 0 atom stereocenters. The molecule has 2 aromatic rings. The first-order valence-corrected chi connectivity index (χ1v) is 7.50. The van der Waals surface area contributed by atoms with Gasteiger partial charge in [-0.3, -0.25) is 14.9 Å². The first-order chi connectivity index (χ1) is 10.9. The molecule has 0 radical (unpaired) electrons. The lowest BCUT2D eigenvalue weighted by atomic mass is 10.0. The molecule has 0 aliphatic rings. The van der Waals surface area contributed by atoms with Crippen molar-refractivity contribution in [3.8, 4) is 11.1 Å². The summed E-state index contributed by atoms with van der Waals surface area (Å²) in [5, 5.41) is 5.86. The van der Waals surface area contributed by atoms with Crippen LogP contribution in [0.15, 0.2) is 24.3 Å². The molecule has 1 heterocycles. The van der Waals surface area contributed by atoms with E-state index in [-0.39, 0.29) is 17.8 Å². The minimum Gasteiger partial charge on any atom is -0.310 e. The Labute approximate surface area is 139 Å². The maximum atomic E-state index is 11.5. The van der Waals surface area contributed by atoms with Crippen molar-refractivity contribution in [3.63, 3.8) is 0 Å². The number of carbonyl (C=O) groups is 2. The fourth-order valence-corrected chi connectivity index (χ4v) is 2.28. The largest absolute Gasteiger partial charge is 0.310 e. The predicted octanol–water partition coefficient (Wildman–Crippen LogP) is 3.28. The lowest BCUT2D eigenvalue weighted by molar-refractivity contribution is -0.115. The molecule has 0 spiro atoms. The molecule has 1 aromatic carbocycles. The summed E-state index contributed by atoms with van der Waals surface area (Å²) in [6.45, 7) is 4.72. The molecule has 0 unspecified atom stereocenters. The number of amides is 2. The van der Waals surface area contributed by atoms with Crippen LogP contribution in [0.1, 0.15) is 26.5 Å². The SMILES string of the molecule is CCc1nc(NC(C)=O)nc(NC(C)=O)c1-c1ccc(Cl)cc1. The number of aromatic nitrogens is 2. The predicted molar refractivity (Wildman–Crippen MR) is 90.5 cm³/mol. The zero-order valence-corrected chi connectivity index (χ0v) is 13.9. The van der Waals surface area contributed by atoms with Gasteiger partial charge in [0.2, 0.25) is 17.8 Å². The summed E-state index contributed by atoms with van der Waals surface area (Å²) >= 11 is 5.93. The lowest BCUT2D eigenvalue weighted by Gasteiger charge is -2.15. The van der Waals surface area contributed by atoms with E-state index in [0.717, 1.165) is 11.3 Å². The molecular formula is C16H17ClN4O2. The Hall–Kier alpha value is -2.47. The van der Waals surface area contributed by atoms with E-state index in [1.807, 2.05) is 19.1 Å². The minimum absolute atomic E-state index is 0.163. The van der Waals surface area contributed by atoms with Gasteiger partial charge in [-0.1, -0.05) is 30.7 Å². The molecular weight excluding hydrogens is 316 g/mol. The molecule has 2 amide bonds. The van der Waals surface area contributed by atoms with Gasteiger partial charge in [0.15, 0.2) is 0 Å². The average molecular weight is 333 g/mol.